The van der Waals surface area contributed by atoms with Gasteiger partial charge in [0, 0.05) is 23.7 Å². The number of fused-ring (bicyclic) bond motifs is 2. The number of rotatable bonds is 1. The molecule has 1 aromatic carbocycles. The van der Waals surface area contributed by atoms with E-state index in [0.717, 1.165) is 43.8 Å². The molecule has 4 heteroatoms. The minimum Gasteiger partial charge on any atom is -0.342 e. The molecule has 3 atom stereocenters. The lowest BCUT2D eigenvalue weighted by Gasteiger charge is -2.24. The zero-order valence-electron chi connectivity index (χ0n) is 12.3. The fourth-order valence-corrected chi connectivity index (χ4v) is 5.25. The molecule has 1 unspecified atom stereocenters. The van der Waals surface area contributed by atoms with Crippen molar-refractivity contribution in [3.8, 4) is 0 Å². The van der Waals surface area contributed by atoms with Gasteiger partial charge in [0.1, 0.15) is 0 Å². The first kappa shape index (κ1) is 13.6. The molecule has 2 saturated heterocycles. The number of nitrogens with one attached hydrogen (secondary N) is 1. The summed E-state index contributed by atoms with van der Waals surface area (Å²) in [6, 6.07) is 8.41. The predicted octanol–water partition coefficient (Wildman–Crippen LogP) is 2.33. The second-order valence-electron chi connectivity index (χ2n) is 6.48. The Morgan fingerprint density at radius 1 is 1.14 bits per heavy atom. The van der Waals surface area contributed by atoms with Crippen LogP contribution in [0.5, 0.6) is 0 Å². The molecular formula is C17H22N2OS. The van der Waals surface area contributed by atoms with Gasteiger partial charge < -0.3 is 10.2 Å². The topological polar surface area (TPSA) is 32.3 Å². The Hall–Kier alpha value is -1.00. The van der Waals surface area contributed by atoms with Crippen LogP contribution in [-0.4, -0.2) is 42.7 Å². The highest BCUT2D eigenvalue weighted by Gasteiger charge is 2.36. The molecule has 21 heavy (non-hydrogen) atoms. The van der Waals surface area contributed by atoms with Gasteiger partial charge in [0.15, 0.2) is 0 Å². The van der Waals surface area contributed by atoms with Gasteiger partial charge in [-0.05, 0) is 49.4 Å². The highest BCUT2D eigenvalue weighted by atomic mass is 32.2. The van der Waals surface area contributed by atoms with Crippen molar-refractivity contribution < 1.29 is 4.79 Å². The number of hydrogen-bond acceptors (Lipinski definition) is 3. The molecule has 0 aromatic heterocycles. The third-order valence-corrected chi connectivity index (χ3v) is 6.51. The fraction of sp³-hybridized carbons (Fsp3) is 0.588. The maximum absolute atomic E-state index is 12.9. The molecule has 0 bridgehead atoms. The second-order valence-corrected chi connectivity index (χ2v) is 7.54. The van der Waals surface area contributed by atoms with E-state index in [1.165, 1.54) is 23.3 Å². The zero-order valence-corrected chi connectivity index (χ0v) is 13.1. The van der Waals surface area contributed by atoms with Crippen LogP contribution in [0.25, 0.3) is 0 Å². The minimum absolute atomic E-state index is 0.0854. The zero-order chi connectivity index (χ0) is 14.2. The standard InChI is InChI=1S/C17H22N2OS/c20-17(15-11-21-16-4-2-1-3-14(15)16)19-7-5-12-9-18-10-13(12)6-8-19/h1-4,12-13,15,18H,5-11H2/t12-,13+,15?. The number of hydrogen-bond donors (Lipinski definition) is 1. The van der Waals surface area contributed by atoms with E-state index in [0.29, 0.717) is 5.91 Å². The van der Waals surface area contributed by atoms with Crippen molar-refractivity contribution in [3.05, 3.63) is 29.8 Å². The fourth-order valence-electron chi connectivity index (χ4n) is 4.03. The Morgan fingerprint density at radius 2 is 1.86 bits per heavy atom. The van der Waals surface area contributed by atoms with Crippen LogP contribution in [0.15, 0.2) is 29.2 Å². The quantitative estimate of drug-likeness (QED) is 0.864. The minimum atomic E-state index is 0.0854. The average Bonchev–Trinajstić information content (AvgIpc) is 3.09. The average molecular weight is 302 g/mol. The Morgan fingerprint density at radius 3 is 2.62 bits per heavy atom. The molecule has 0 spiro atoms. The Kier molecular flexibility index (Phi) is 3.67. The molecule has 2 fully saturated rings. The highest BCUT2D eigenvalue weighted by Crippen LogP contribution is 2.40. The molecule has 0 saturated carbocycles. The van der Waals surface area contributed by atoms with Crippen LogP contribution in [0.2, 0.25) is 0 Å². The van der Waals surface area contributed by atoms with E-state index in [9.17, 15) is 4.79 Å². The Balaban J connectivity index is 1.48. The predicted molar refractivity (Wildman–Crippen MR) is 85.6 cm³/mol. The van der Waals surface area contributed by atoms with Gasteiger partial charge in [-0.15, -0.1) is 11.8 Å². The van der Waals surface area contributed by atoms with Gasteiger partial charge in [-0.1, -0.05) is 18.2 Å². The Bertz CT molecular complexity index is 533. The number of amides is 1. The van der Waals surface area contributed by atoms with Crippen molar-refractivity contribution in [3.63, 3.8) is 0 Å². The van der Waals surface area contributed by atoms with Crippen molar-refractivity contribution in [2.75, 3.05) is 31.9 Å². The van der Waals surface area contributed by atoms with Crippen LogP contribution in [0.3, 0.4) is 0 Å². The largest absolute Gasteiger partial charge is 0.342 e. The number of likely N-dealkylation sites (tertiary alicyclic amines) is 1. The van der Waals surface area contributed by atoms with Gasteiger partial charge in [-0.3, -0.25) is 4.79 Å². The van der Waals surface area contributed by atoms with Crippen molar-refractivity contribution >= 4 is 17.7 Å². The SMILES string of the molecule is O=C(C1CSc2ccccc21)N1CC[C@@H]2CNC[C@@H]2CC1. The maximum atomic E-state index is 12.9. The van der Waals surface area contributed by atoms with Gasteiger partial charge in [0.25, 0.3) is 0 Å². The number of benzene rings is 1. The molecule has 1 amide bonds. The van der Waals surface area contributed by atoms with Crippen LogP contribution in [0.1, 0.15) is 24.3 Å². The summed E-state index contributed by atoms with van der Waals surface area (Å²) in [6.07, 6.45) is 2.34. The number of carbonyl (C=O) groups is 1. The second kappa shape index (κ2) is 5.65. The van der Waals surface area contributed by atoms with E-state index < -0.39 is 0 Å². The number of thioether (sulfide) groups is 1. The lowest BCUT2D eigenvalue weighted by Crippen LogP contribution is -2.36. The van der Waals surface area contributed by atoms with Crippen molar-refractivity contribution in [1.29, 1.82) is 0 Å². The van der Waals surface area contributed by atoms with Crippen LogP contribution < -0.4 is 5.32 Å². The molecule has 0 aliphatic carbocycles. The summed E-state index contributed by atoms with van der Waals surface area (Å²) in [5.41, 5.74) is 1.25. The van der Waals surface area contributed by atoms with Gasteiger partial charge in [-0.2, -0.15) is 0 Å². The summed E-state index contributed by atoms with van der Waals surface area (Å²) < 4.78 is 0. The van der Waals surface area contributed by atoms with Gasteiger partial charge in [-0.25, -0.2) is 0 Å². The van der Waals surface area contributed by atoms with Crippen molar-refractivity contribution in [2.24, 2.45) is 11.8 Å². The smallest absolute Gasteiger partial charge is 0.231 e. The monoisotopic (exact) mass is 302 g/mol. The van der Waals surface area contributed by atoms with Gasteiger partial charge in [0.05, 0.1) is 5.92 Å². The molecule has 0 radical (unpaired) electrons. The molecule has 3 nitrogen and oxygen atoms in total. The van der Waals surface area contributed by atoms with Crippen molar-refractivity contribution in [2.45, 2.75) is 23.7 Å². The third kappa shape index (κ3) is 2.49. The molecule has 1 aromatic rings. The maximum Gasteiger partial charge on any atom is 0.231 e. The normalized spacial score (nSPS) is 31.6. The van der Waals surface area contributed by atoms with E-state index >= 15 is 0 Å². The Labute approximate surface area is 130 Å². The molecular weight excluding hydrogens is 280 g/mol. The number of carbonyl (C=O) groups excluding carboxylic acids is 1. The molecule has 1 N–H and O–H groups in total. The lowest BCUT2D eigenvalue weighted by atomic mass is 9.92. The first-order valence-electron chi connectivity index (χ1n) is 8.04. The summed E-state index contributed by atoms with van der Waals surface area (Å²) in [7, 11) is 0. The van der Waals surface area contributed by atoms with E-state index in [1.54, 1.807) is 0 Å². The molecule has 3 aliphatic rings. The van der Waals surface area contributed by atoms with E-state index in [4.69, 9.17) is 0 Å². The summed E-state index contributed by atoms with van der Waals surface area (Å²) in [6.45, 7) is 4.19. The molecule has 4 rings (SSSR count). The van der Waals surface area contributed by atoms with E-state index in [-0.39, 0.29) is 5.92 Å². The highest BCUT2D eigenvalue weighted by molar-refractivity contribution is 7.99. The van der Waals surface area contributed by atoms with Crippen LogP contribution >= 0.6 is 11.8 Å². The molecule has 3 heterocycles. The van der Waals surface area contributed by atoms with Crippen LogP contribution in [0, 0.1) is 11.8 Å². The van der Waals surface area contributed by atoms with Crippen LogP contribution in [-0.2, 0) is 4.79 Å². The lowest BCUT2D eigenvalue weighted by molar-refractivity contribution is -0.132. The number of nitrogens with zero attached hydrogens (tertiary/aromatic N) is 1. The molecule has 112 valence electrons. The van der Waals surface area contributed by atoms with Gasteiger partial charge >= 0.3 is 0 Å². The summed E-state index contributed by atoms with van der Waals surface area (Å²) in [5.74, 6) is 2.94. The summed E-state index contributed by atoms with van der Waals surface area (Å²) in [4.78, 5) is 16.4. The van der Waals surface area contributed by atoms with Crippen LogP contribution in [0.4, 0.5) is 0 Å². The van der Waals surface area contributed by atoms with Gasteiger partial charge in [0.2, 0.25) is 5.91 Å². The first-order valence-corrected chi connectivity index (χ1v) is 9.02. The summed E-state index contributed by atoms with van der Waals surface area (Å²) in [5, 5.41) is 3.50. The van der Waals surface area contributed by atoms with E-state index in [1.807, 2.05) is 11.8 Å². The first-order chi connectivity index (χ1) is 10.3. The summed E-state index contributed by atoms with van der Waals surface area (Å²) >= 11 is 1.83. The van der Waals surface area contributed by atoms with E-state index in [2.05, 4.69) is 34.5 Å². The molecule has 3 aliphatic heterocycles. The third-order valence-electron chi connectivity index (χ3n) is 5.33. The van der Waals surface area contributed by atoms with Crippen molar-refractivity contribution in [1.82, 2.24) is 10.2 Å².